The second kappa shape index (κ2) is 5.91. The van der Waals surface area contributed by atoms with Crippen molar-refractivity contribution < 1.29 is 18.3 Å². The molecule has 0 bridgehead atoms. The lowest BCUT2D eigenvalue weighted by molar-refractivity contribution is -0.139. The summed E-state index contributed by atoms with van der Waals surface area (Å²) in [7, 11) is 0. The van der Waals surface area contributed by atoms with Gasteiger partial charge in [0, 0.05) is 0 Å². The van der Waals surface area contributed by atoms with Crippen molar-refractivity contribution in [3.8, 4) is 0 Å². The van der Waals surface area contributed by atoms with E-state index >= 15 is 0 Å². The van der Waals surface area contributed by atoms with Gasteiger partial charge in [-0.2, -0.15) is 13.2 Å². The minimum atomic E-state index is -4.48. The van der Waals surface area contributed by atoms with Crippen LogP contribution in [0.4, 0.5) is 13.2 Å². The van der Waals surface area contributed by atoms with Gasteiger partial charge in [0.2, 0.25) is 0 Å². The van der Waals surface area contributed by atoms with Crippen LogP contribution in [0.2, 0.25) is 0 Å². The molecule has 2 aromatic heterocycles. The molecule has 0 unspecified atom stereocenters. The molecule has 1 aliphatic carbocycles. The smallest absolute Gasteiger partial charge is 0.387 e. The van der Waals surface area contributed by atoms with Gasteiger partial charge in [-0.1, -0.05) is 32.1 Å². The first-order valence-electron chi connectivity index (χ1n) is 7.67. The van der Waals surface area contributed by atoms with Crippen molar-refractivity contribution in [2.24, 2.45) is 5.92 Å². The van der Waals surface area contributed by atoms with Crippen molar-refractivity contribution in [3.05, 3.63) is 35.9 Å². The molecule has 3 rings (SSSR count). The largest absolute Gasteiger partial charge is 0.418 e. The third kappa shape index (κ3) is 2.97. The standard InChI is InChI=1S/C16H19F3N2O/c17-16(18,19)13-7-6-12-9-20-10-21(12)15(13)14(22)8-11-4-2-1-3-5-11/h6-7,9-11,14,22H,1-5,8H2/t14-/m0/s1. The van der Waals surface area contributed by atoms with Gasteiger partial charge in [0.25, 0.3) is 0 Å². The molecule has 0 aromatic carbocycles. The number of aliphatic hydroxyl groups excluding tert-OH is 1. The Morgan fingerprint density at radius 3 is 2.64 bits per heavy atom. The summed E-state index contributed by atoms with van der Waals surface area (Å²) >= 11 is 0. The van der Waals surface area contributed by atoms with Gasteiger partial charge < -0.3 is 9.51 Å². The van der Waals surface area contributed by atoms with E-state index in [0.717, 1.165) is 31.7 Å². The van der Waals surface area contributed by atoms with Gasteiger partial charge in [-0.05, 0) is 24.5 Å². The van der Waals surface area contributed by atoms with Crippen LogP contribution in [0.3, 0.4) is 0 Å². The fourth-order valence-corrected chi connectivity index (χ4v) is 3.44. The molecule has 0 aliphatic heterocycles. The average Bonchev–Trinajstić information content (AvgIpc) is 2.94. The van der Waals surface area contributed by atoms with E-state index in [1.807, 2.05) is 0 Å². The van der Waals surface area contributed by atoms with Gasteiger partial charge in [0.05, 0.1) is 35.4 Å². The number of alkyl halides is 3. The topological polar surface area (TPSA) is 37.5 Å². The summed E-state index contributed by atoms with van der Waals surface area (Å²) < 4.78 is 41.2. The lowest BCUT2D eigenvalue weighted by atomic mass is 9.84. The number of aromatic nitrogens is 2. The molecule has 22 heavy (non-hydrogen) atoms. The molecule has 1 N–H and O–H groups in total. The monoisotopic (exact) mass is 312 g/mol. The van der Waals surface area contributed by atoms with Crippen LogP contribution in [-0.4, -0.2) is 14.5 Å². The summed E-state index contributed by atoms with van der Waals surface area (Å²) in [5.74, 6) is 0.295. The number of nitrogens with zero attached hydrogens (tertiary/aromatic N) is 2. The third-order valence-corrected chi connectivity index (χ3v) is 4.53. The summed E-state index contributed by atoms with van der Waals surface area (Å²) in [6, 6.07) is 2.42. The molecule has 1 fully saturated rings. The molecule has 3 nitrogen and oxygen atoms in total. The highest BCUT2D eigenvalue weighted by Crippen LogP contribution is 2.38. The maximum atomic E-state index is 13.3. The van der Waals surface area contributed by atoms with E-state index < -0.39 is 17.8 Å². The number of hydrogen-bond donors (Lipinski definition) is 1. The van der Waals surface area contributed by atoms with E-state index in [0.29, 0.717) is 17.9 Å². The first-order chi connectivity index (χ1) is 10.5. The summed E-state index contributed by atoms with van der Waals surface area (Å²) in [5, 5.41) is 10.5. The van der Waals surface area contributed by atoms with E-state index in [1.165, 1.54) is 29.4 Å². The number of imidazole rings is 1. The maximum Gasteiger partial charge on any atom is 0.418 e. The Morgan fingerprint density at radius 2 is 1.95 bits per heavy atom. The summed E-state index contributed by atoms with van der Waals surface area (Å²) in [6.07, 6.45) is 2.94. The van der Waals surface area contributed by atoms with Crippen LogP contribution in [-0.2, 0) is 6.18 Å². The Kier molecular flexibility index (Phi) is 4.12. The molecule has 0 amide bonds. The molecule has 0 radical (unpaired) electrons. The van der Waals surface area contributed by atoms with Crippen LogP contribution < -0.4 is 0 Å². The Morgan fingerprint density at radius 1 is 1.23 bits per heavy atom. The Bertz CT molecular complexity index is 644. The molecule has 120 valence electrons. The van der Waals surface area contributed by atoms with E-state index in [2.05, 4.69) is 4.98 Å². The first-order valence-corrected chi connectivity index (χ1v) is 7.67. The van der Waals surface area contributed by atoms with Crippen molar-refractivity contribution >= 4 is 5.52 Å². The lowest BCUT2D eigenvalue weighted by Crippen LogP contribution is -2.18. The fraction of sp³-hybridized carbons (Fsp3) is 0.562. The number of pyridine rings is 1. The van der Waals surface area contributed by atoms with Crippen molar-refractivity contribution in [1.29, 1.82) is 0 Å². The predicted octanol–water partition coefficient (Wildman–Crippen LogP) is 4.36. The Hall–Kier alpha value is -1.56. The number of halogens is 3. The summed E-state index contributed by atoms with van der Waals surface area (Å²) in [6.45, 7) is 0. The molecule has 1 saturated carbocycles. The first kappa shape index (κ1) is 15.3. The predicted molar refractivity (Wildman–Crippen MR) is 76.3 cm³/mol. The van der Waals surface area contributed by atoms with Crippen molar-refractivity contribution in [3.63, 3.8) is 0 Å². The molecule has 2 heterocycles. The summed E-state index contributed by atoms with van der Waals surface area (Å²) in [4.78, 5) is 3.90. The van der Waals surface area contributed by atoms with Gasteiger partial charge in [-0.15, -0.1) is 0 Å². The number of fused-ring (bicyclic) bond motifs is 1. The highest BCUT2D eigenvalue weighted by Gasteiger charge is 2.37. The quantitative estimate of drug-likeness (QED) is 0.914. The molecule has 6 heteroatoms. The zero-order chi connectivity index (χ0) is 15.7. The normalized spacial score (nSPS) is 18.7. The van der Waals surface area contributed by atoms with Gasteiger partial charge >= 0.3 is 6.18 Å². The molecule has 2 aromatic rings. The Balaban J connectivity index is 1.97. The lowest BCUT2D eigenvalue weighted by Gasteiger charge is -2.26. The zero-order valence-electron chi connectivity index (χ0n) is 12.2. The van der Waals surface area contributed by atoms with E-state index in [4.69, 9.17) is 0 Å². The molecular weight excluding hydrogens is 293 g/mol. The molecule has 0 saturated heterocycles. The van der Waals surface area contributed by atoms with Crippen LogP contribution in [0.1, 0.15) is 55.9 Å². The Labute approximate surface area is 126 Å². The van der Waals surface area contributed by atoms with E-state index in [9.17, 15) is 18.3 Å². The fourth-order valence-electron chi connectivity index (χ4n) is 3.44. The van der Waals surface area contributed by atoms with Gasteiger partial charge in [0.15, 0.2) is 0 Å². The molecule has 1 atom stereocenters. The van der Waals surface area contributed by atoms with Crippen LogP contribution >= 0.6 is 0 Å². The minimum Gasteiger partial charge on any atom is -0.387 e. The van der Waals surface area contributed by atoms with Gasteiger partial charge in [-0.25, -0.2) is 4.98 Å². The second-order valence-corrected chi connectivity index (χ2v) is 6.07. The molecular formula is C16H19F3N2O. The minimum absolute atomic E-state index is 0.0897. The van der Waals surface area contributed by atoms with Crippen LogP contribution in [0.5, 0.6) is 0 Å². The zero-order valence-corrected chi connectivity index (χ0v) is 12.2. The van der Waals surface area contributed by atoms with E-state index in [-0.39, 0.29) is 5.69 Å². The SMILES string of the molecule is O[C@@H](CC1CCCCC1)c1c(C(F)(F)F)ccc2cncn12. The van der Waals surface area contributed by atoms with Crippen molar-refractivity contribution in [2.75, 3.05) is 0 Å². The van der Waals surface area contributed by atoms with Gasteiger partial charge in [0.1, 0.15) is 0 Å². The van der Waals surface area contributed by atoms with E-state index in [1.54, 1.807) is 0 Å². The average molecular weight is 312 g/mol. The summed E-state index contributed by atoms with van der Waals surface area (Å²) in [5.41, 5.74) is -0.305. The maximum absolute atomic E-state index is 13.3. The second-order valence-electron chi connectivity index (χ2n) is 6.07. The highest BCUT2D eigenvalue weighted by atomic mass is 19.4. The van der Waals surface area contributed by atoms with Crippen LogP contribution in [0.15, 0.2) is 24.7 Å². The van der Waals surface area contributed by atoms with Crippen LogP contribution in [0, 0.1) is 5.92 Å². The number of aliphatic hydroxyl groups is 1. The van der Waals surface area contributed by atoms with Crippen molar-refractivity contribution in [1.82, 2.24) is 9.38 Å². The van der Waals surface area contributed by atoms with Crippen LogP contribution in [0.25, 0.3) is 5.52 Å². The molecule has 0 spiro atoms. The van der Waals surface area contributed by atoms with Gasteiger partial charge in [-0.3, -0.25) is 0 Å². The molecule has 1 aliphatic rings. The highest BCUT2D eigenvalue weighted by molar-refractivity contribution is 5.49. The number of hydrogen-bond acceptors (Lipinski definition) is 2. The third-order valence-electron chi connectivity index (χ3n) is 4.53. The number of rotatable bonds is 3. The van der Waals surface area contributed by atoms with Crippen molar-refractivity contribution in [2.45, 2.75) is 50.8 Å².